The number of pyridine rings is 1. The Bertz CT molecular complexity index is 661. The third-order valence-corrected chi connectivity index (χ3v) is 4.88. The summed E-state index contributed by atoms with van der Waals surface area (Å²) in [5, 5.41) is 2.98. The number of hydrogen-bond donors (Lipinski definition) is 1. The first kappa shape index (κ1) is 17.6. The average molecular weight is 337 g/mol. The minimum Gasteiger partial charge on any atom is -0.326 e. The Hall–Kier alpha value is -2.20. The van der Waals surface area contributed by atoms with Gasteiger partial charge in [0, 0.05) is 31.0 Å². The van der Waals surface area contributed by atoms with Crippen molar-refractivity contribution in [3.05, 3.63) is 59.9 Å². The Morgan fingerprint density at radius 1 is 1.16 bits per heavy atom. The van der Waals surface area contributed by atoms with Crippen LogP contribution in [0.4, 0.5) is 5.69 Å². The summed E-state index contributed by atoms with van der Waals surface area (Å²) in [4.78, 5) is 18.7. The number of nitrogens with one attached hydrogen (secondary N) is 1. The van der Waals surface area contributed by atoms with Crippen LogP contribution in [0.5, 0.6) is 0 Å². The smallest absolute Gasteiger partial charge is 0.224 e. The van der Waals surface area contributed by atoms with Gasteiger partial charge in [-0.25, -0.2) is 0 Å². The fourth-order valence-electron chi connectivity index (χ4n) is 3.20. The molecule has 0 bridgehead atoms. The summed E-state index contributed by atoms with van der Waals surface area (Å²) in [5.41, 5.74) is 3.26. The zero-order chi connectivity index (χ0) is 17.5. The molecule has 0 unspecified atom stereocenters. The van der Waals surface area contributed by atoms with E-state index in [4.69, 9.17) is 0 Å². The molecule has 1 aliphatic heterocycles. The van der Waals surface area contributed by atoms with Crippen LogP contribution >= 0.6 is 0 Å². The second kappa shape index (κ2) is 8.77. The maximum atomic E-state index is 12.1. The standard InChI is InChI=1S/C21H27N3O/c1-17-10-13-24(14-11-17)16-19-4-7-20(8-5-19)23-21(25)9-6-18-3-2-12-22-15-18/h2-5,7-8,12,15,17H,6,9-11,13-14,16H2,1H3,(H,23,25). The van der Waals surface area contributed by atoms with Crippen LogP contribution < -0.4 is 5.32 Å². The highest BCUT2D eigenvalue weighted by Crippen LogP contribution is 2.19. The summed E-state index contributed by atoms with van der Waals surface area (Å²) in [6, 6.07) is 12.1. The highest BCUT2D eigenvalue weighted by atomic mass is 16.1. The van der Waals surface area contributed by atoms with E-state index in [0.29, 0.717) is 12.8 Å². The van der Waals surface area contributed by atoms with Crippen molar-refractivity contribution in [2.75, 3.05) is 18.4 Å². The van der Waals surface area contributed by atoms with Crippen molar-refractivity contribution in [1.82, 2.24) is 9.88 Å². The van der Waals surface area contributed by atoms with Crippen molar-refractivity contribution in [3.63, 3.8) is 0 Å². The molecule has 4 heteroatoms. The maximum absolute atomic E-state index is 12.1. The number of amides is 1. The molecule has 0 atom stereocenters. The van der Waals surface area contributed by atoms with E-state index in [2.05, 4.69) is 34.3 Å². The predicted molar refractivity (Wildman–Crippen MR) is 101 cm³/mol. The van der Waals surface area contributed by atoms with Crippen LogP contribution in [0.15, 0.2) is 48.8 Å². The molecule has 1 fully saturated rings. The number of anilines is 1. The Labute approximate surface area is 150 Å². The van der Waals surface area contributed by atoms with Gasteiger partial charge in [-0.05, 0) is 67.6 Å². The van der Waals surface area contributed by atoms with Crippen LogP contribution in [0.25, 0.3) is 0 Å². The van der Waals surface area contributed by atoms with Gasteiger partial charge in [0.15, 0.2) is 0 Å². The molecule has 0 aliphatic carbocycles. The molecule has 1 saturated heterocycles. The highest BCUT2D eigenvalue weighted by molar-refractivity contribution is 5.90. The lowest BCUT2D eigenvalue weighted by atomic mass is 9.99. The van der Waals surface area contributed by atoms with E-state index in [1.165, 1.54) is 31.5 Å². The van der Waals surface area contributed by atoms with Crippen molar-refractivity contribution in [3.8, 4) is 0 Å². The molecule has 1 amide bonds. The molecule has 25 heavy (non-hydrogen) atoms. The zero-order valence-electron chi connectivity index (χ0n) is 14.9. The molecule has 1 aliphatic rings. The first-order valence-electron chi connectivity index (χ1n) is 9.19. The van der Waals surface area contributed by atoms with Crippen LogP contribution in [0.1, 0.15) is 37.3 Å². The fraction of sp³-hybridized carbons (Fsp3) is 0.429. The monoisotopic (exact) mass is 337 g/mol. The topological polar surface area (TPSA) is 45.2 Å². The zero-order valence-corrected chi connectivity index (χ0v) is 14.9. The lowest BCUT2D eigenvalue weighted by Gasteiger charge is -2.30. The Morgan fingerprint density at radius 2 is 1.92 bits per heavy atom. The van der Waals surface area contributed by atoms with Gasteiger partial charge >= 0.3 is 0 Å². The first-order chi connectivity index (χ1) is 12.2. The summed E-state index contributed by atoms with van der Waals surface area (Å²) in [5.74, 6) is 0.905. The number of rotatable bonds is 6. The van der Waals surface area contributed by atoms with E-state index >= 15 is 0 Å². The quantitative estimate of drug-likeness (QED) is 0.870. The predicted octanol–water partition coefficient (Wildman–Crippen LogP) is 3.88. The van der Waals surface area contributed by atoms with Gasteiger partial charge in [0.1, 0.15) is 0 Å². The maximum Gasteiger partial charge on any atom is 0.224 e. The number of likely N-dealkylation sites (tertiary alicyclic amines) is 1. The lowest BCUT2D eigenvalue weighted by molar-refractivity contribution is -0.116. The first-order valence-corrected chi connectivity index (χ1v) is 9.19. The summed E-state index contributed by atoms with van der Waals surface area (Å²) in [6.07, 6.45) is 7.33. The van der Waals surface area contributed by atoms with Gasteiger partial charge in [-0.1, -0.05) is 25.1 Å². The number of aryl methyl sites for hydroxylation is 1. The van der Waals surface area contributed by atoms with E-state index in [0.717, 1.165) is 23.7 Å². The van der Waals surface area contributed by atoms with E-state index in [1.54, 1.807) is 6.20 Å². The van der Waals surface area contributed by atoms with Crippen LogP contribution in [0.2, 0.25) is 0 Å². The summed E-state index contributed by atoms with van der Waals surface area (Å²) in [6.45, 7) is 5.72. The van der Waals surface area contributed by atoms with Gasteiger partial charge in [0.25, 0.3) is 0 Å². The van der Waals surface area contributed by atoms with Crippen LogP contribution in [-0.4, -0.2) is 28.9 Å². The Balaban J connectivity index is 1.44. The van der Waals surface area contributed by atoms with Gasteiger partial charge < -0.3 is 5.32 Å². The lowest BCUT2D eigenvalue weighted by Crippen LogP contribution is -2.32. The molecule has 0 spiro atoms. The number of aromatic nitrogens is 1. The summed E-state index contributed by atoms with van der Waals surface area (Å²) >= 11 is 0. The van der Waals surface area contributed by atoms with E-state index in [9.17, 15) is 4.79 Å². The Morgan fingerprint density at radius 3 is 2.60 bits per heavy atom. The van der Waals surface area contributed by atoms with E-state index in [-0.39, 0.29) is 5.91 Å². The molecule has 4 nitrogen and oxygen atoms in total. The van der Waals surface area contributed by atoms with Gasteiger partial charge in [-0.3, -0.25) is 14.7 Å². The summed E-state index contributed by atoms with van der Waals surface area (Å²) < 4.78 is 0. The van der Waals surface area contributed by atoms with Crippen molar-refractivity contribution in [1.29, 1.82) is 0 Å². The van der Waals surface area contributed by atoms with Gasteiger partial charge in [-0.15, -0.1) is 0 Å². The molecule has 2 heterocycles. The third-order valence-electron chi connectivity index (χ3n) is 4.88. The molecular weight excluding hydrogens is 310 g/mol. The largest absolute Gasteiger partial charge is 0.326 e. The second-order valence-electron chi connectivity index (χ2n) is 7.07. The van der Waals surface area contributed by atoms with Crippen LogP contribution in [-0.2, 0) is 17.8 Å². The minimum atomic E-state index is 0.0432. The molecule has 1 aromatic heterocycles. The highest BCUT2D eigenvalue weighted by Gasteiger charge is 2.15. The molecule has 3 rings (SSSR count). The van der Waals surface area contributed by atoms with E-state index < -0.39 is 0 Å². The number of hydrogen-bond acceptors (Lipinski definition) is 3. The van der Waals surface area contributed by atoms with Crippen molar-refractivity contribution >= 4 is 11.6 Å². The minimum absolute atomic E-state index is 0.0432. The molecule has 1 aromatic carbocycles. The van der Waals surface area contributed by atoms with Gasteiger partial charge in [0.2, 0.25) is 5.91 Å². The van der Waals surface area contributed by atoms with Crippen molar-refractivity contribution in [2.45, 2.75) is 39.2 Å². The van der Waals surface area contributed by atoms with Crippen LogP contribution in [0.3, 0.4) is 0 Å². The third kappa shape index (κ3) is 5.68. The number of nitrogens with zero attached hydrogens (tertiary/aromatic N) is 2. The van der Waals surface area contributed by atoms with Crippen molar-refractivity contribution < 1.29 is 4.79 Å². The Kier molecular flexibility index (Phi) is 6.18. The molecular formula is C21H27N3O. The van der Waals surface area contributed by atoms with E-state index in [1.807, 2.05) is 30.5 Å². The normalized spacial score (nSPS) is 15.9. The molecule has 1 N–H and O–H groups in total. The number of carbonyl (C=O) groups excluding carboxylic acids is 1. The number of piperidine rings is 1. The second-order valence-corrected chi connectivity index (χ2v) is 7.07. The van der Waals surface area contributed by atoms with Gasteiger partial charge in [0.05, 0.1) is 0 Å². The van der Waals surface area contributed by atoms with Gasteiger partial charge in [-0.2, -0.15) is 0 Å². The van der Waals surface area contributed by atoms with Crippen LogP contribution in [0, 0.1) is 5.92 Å². The number of benzene rings is 1. The molecule has 0 radical (unpaired) electrons. The average Bonchev–Trinajstić information content (AvgIpc) is 2.64. The van der Waals surface area contributed by atoms with Crippen molar-refractivity contribution in [2.24, 2.45) is 5.92 Å². The molecule has 0 saturated carbocycles. The summed E-state index contributed by atoms with van der Waals surface area (Å²) in [7, 11) is 0. The molecule has 132 valence electrons. The number of carbonyl (C=O) groups is 1. The molecule has 2 aromatic rings. The fourth-order valence-corrected chi connectivity index (χ4v) is 3.20. The SMILES string of the molecule is CC1CCN(Cc2ccc(NC(=O)CCc3cccnc3)cc2)CC1.